The molecule has 2 aromatic carbocycles. The molecular formula is C21H23FN4O2S. The van der Waals surface area contributed by atoms with E-state index >= 15 is 0 Å². The average molecular weight is 415 g/mol. The van der Waals surface area contributed by atoms with Crippen molar-refractivity contribution in [2.75, 3.05) is 25.0 Å². The minimum Gasteiger partial charge on any atom is -0.385 e. The van der Waals surface area contributed by atoms with Gasteiger partial charge in [0.15, 0.2) is 5.03 Å². The Balaban J connectivity index is 1.59. The highest BCUT2D eigenvalue weighted by Gasteiger charge is 2.40. The van der Waals surface area contributed by atoms with Crippen LogP contribution in [-0.4, -0.2) is 41.9 Å². The van der Waals surface area contributed by atoms with Gasteiger partial charge in [0.1, 0.15) is 5.82 Å². The van der Waals surface area contributed by atoms with E-state index in [1.54, 1.807) is 23.7 Å². The molecule has 0 radical (unpaired) electrons. The summed E-state index contributed by atoms with van der Waals surface area (Å²) in [4.78, 5) is 4.03. The Morgan fingerprint density at radius 3 is 2.48 bits per heavy atom. The number of para-hydroxylation sites is 1. The molecule has 1 aliphatic rings. The minimum atomic E-state index is -3.68. The Kier molecular flexibility index (Phi) is 5.38. The van der Waals surface area contributed by atoms with E-state index in [0.29, 0.717) is 19.6 Å². The lowest BCUT2D eigenvalue weighted by molar-refractivity contribution is 0.459. The molecule has 1 aromatic heterocycles. The Morgan fingerprint density at radius 2 is 1.83 bits per heavy atom. The third-order valence-corrected chi connectivity index (χ3v) is 7.05. The lowest BCUT2D eigenvalue weighted by Crippen LogP contribution is -2.30. The van der Waals surface area contributed by atoms with Gasteiger partial charge in [-0.2, -0.15) is 4.31 Å². The van der Waals surface area contributed by atoms with E-state index in [2.05, 4.69) is 10.3 Å². The number of rotatable bonds is 6. The largest absolute Gasteiger partial charge is 0.385 e. The van der Waals surface area contributed by atoms with Crippen molar-refractivity contribution in [1.29, 1.82) is 0 Å². The van der Waals surface area contributed by atoms with E-state index in [4.69, 9.17) is 0 Å². The van der Waals surface area contributed by atoms with Gasteiger partial charge >= 0.3 is 0 Å². The predicted molar refractivity (Wildman–Crippen MR) is 110 cm³/mol. The fourth-order valence-electron chi connectivity index (χ4n) is 3.78. The topological polar surface area (TPSA) is 67.2 Å². The summed E-state index contributed by atoms with van der Waals surface area (Å²) in [6.07, 6.45) is 2.99. The summed E-state index contributed by atoms with van der Waals surface area (Å²) in [5.74, 6) is -0.298. The molecule has 29 heavy (non-hydrogen) atoms. The molecule has 152 valence electrons. The molecule has 1 fully saturated rings. The molecule has 8 heteroatoms. The lowest BCUT2D eigenvalue weighted by Gasteiger charge is -2.19. The SMILES string of the molecule is Cn1cnc(S(=O)(=O)N2C[C@H](CNc3ccccc3)[C@@H](c3ccc(F)cc3)C2)c1. The second-order valence-corrected chi connectivity index (χ2v) is 9.25. The molecule has 0 bridgehead atoms. The van der Waals surface area contributed by atoms with Crippen LogP contribution in [0.3, 0.4) is 0 Å². The van der Waals surface area contributed by atoms with Gasteiger partial charge in [0.05, 0.1) is 6.33 Å². The van der Waals surface area contributed by atoms with Gasteiger partial charge in [-0.3, -0.25) is 0 Å². The van der Waals surface area contributed by atoms with E-state index in [0.717, 1.165) is 11.3 Å². The quantitative estimate of drug-likeness (QED) is 0.673. The molecule has 0 aliphatic carbocycles. The van der Waals surface area contributed by atoms with E-state index < -0.39 is 10.0 Å². The van der Waals surface area contributed by atoms with Gasteiger partial charge in [-0.25, -0.2) is 17.8 Å². The Hall–Kier alpha value is -2.71. The maximum Gasteiger partial charge on any atom is 0.262 e. The molecule has 0 spiro atoms. The molecule has 0 saturated carbocycles. The van der Waals surface area contributed by atoms with Crippen molar-refractivity contribution >= 4 is 15.7 Å². The molecule has 1 N–H and O–H groups in total. The van der Waals surface area contributed by atoms with Gasteiger partial charge in [0.2, 0.25) is 0 Å². The van der Waals surface area contributed by atoms with Crippen LogP contribution in [-0.2, 0) is 17.1 Å². The maximum absolute atomic E-state index is 13.4. The first-order valence-electron chi connectivity index (χ1n) is 9.46. The van der Waals surface area contributed by atoms with Crippen molar-refractivity contribution in [3.63, 3.8) is 0 Å². The third-order valence-electron chi connectivity index (χ3n) is 5.33. The number of benzene rings is 2. The molecular weight excluding hydrogens is 391 g/mol. The second-order valence-electron chi connectivity index (χ2n) is 7.36. The number of aryl methyl sites for hydroxylation is 1. The molecule has 3 aromatic rings. The number of nitrogens with zero attached hydrogens (tertiary/aromatic N) is 3. The van der Waals surface area contributed by atoms with Crippen LogP contribution in [0.4, 0.5) is 10.1 Å². The normalized spacial score (nSPS) is 20.1. The van der Waals surface area contributed by atoms with Gasteiger partial charge in [-0.1, -0.05) is 30.3 Å². The number of hydrogen-bond acceptors (Lipinski definition) is 4. The van der Waals surface area contributed by atoms with Crippen LogP contribution in [0, 0.1) is 11.7 Å². The van der Waals surface area contributed by atoms with Crippen molar-refractivity contribution in [2.24, 2.45) is 13.0 Å². The van der Waals surface area contributed by atoms with Crippen LogP contribution in [0.15, 0.2) is 72.1 Å². The van der Waals surface area contributed by atoms with Crippen molar-refractivity contribution < 1.29 is 12.8 Å². The highest BCUT2D eigenvalue weighted by molar-refractivity contribution is 7.89. The maximum atomic E-state index is 13.4. The summed E-state index contributed by atoms with van der Waals surface area (Å²) in [7, 11) is -1.94. The number of nitrogens with one attached hydrogen (secondary N) is 1. The average Bonchev–Trinajstić information content (AvgIpc) is 3.35. The molecule has 4 rings (SSSR count). The number of sulfonamides is 1. The van der Waals surface area contributed by atoms with Crippen LogP contribution in [0.1, 0.15) is 11.5 Å². The van der Waals surface area contributed by atoms with Gasteiger partial charge in [-0.15, -0.1) is 0 Å². The Bertz CT molecular complexity index is 1070. The first-order valence-corrected chi connectivity index (χ1v) is 10.9. The lowest BCUT2D eigenvalue weighted by atomic mass is 9.89. The standard InChI is InChI=1S/C21H23FN4O2S/c1-25-14-21(24-15-25)29(27,28)26-12-17(11-23-19-5-3-2-4-6-19)20(13-26)16-7-9-18(22)10-8-16/h2-10,14-15,17,20,23H,11-13H2,1H3/t17-,20+/m0/s1. The zero-order valence-electron chi connectivity index (χ0n) is 16.1. The van der Waals surface area contributed by atoms with E-state index in [1.165, 1.54) is 29.0 Å². The molecule has 2 atom stereocenters. The first-order chi connectivity index (χ1) is 13.9. The van der Waals surface area contributed by atoms with Crippen LogP contribution >= 0.6 is 0 Å². The molecule has 1 saturated heterocycles. The minimum absolute atomic E-state index is 0.0368. The monoisotopic (exact) mass is 414 g/mol. The van der Waals surface area contributed by atoms with Gasteiger partial charge in [-0.05, 0) is 35.7 Å². The van der Waals surface area contributed by atoms with E-state index in [1.807, 2.05) is 30.3 Å². The summed E-state index contributed by atoms with van der Waals surface area (Å²) < 4.78 is 42.6. The van der Waals surface area contributed by atoms with Gasteiger partial charge < -0.3 is 9.88 Å². The van der Waals surface area contributed by atoms with Crippen LogP contribution < -0.4 is 5.32 Å². The smallest absolute Gasteiger partial charge is 0.262 e. The third kappa shape index (κ3) is 4.18. The highest BCUT2D eigenvalue weighted by atomic mass is 32.2. The van der Waals surface area contributed by atoms with Crippen molar-refractivity contribution in [2.45, 2.75) is 10.9 Å². The van der Waals surface area contributed by atoms with Crippen molar-refractivity contribution in [3.05, 3.63) is 78.5 Å². The predicted octanol–water partition coefficient (Wildman–Crippen LogP) is 3.08. The number of aromatic nitrogens is 2. The fourth-order valence-corrected chi connectivity index (χ4v) is 5.27. The molecule has 2 heterocycles. The molecule has 0 amide bonds. The first kappa shape index (κ1) is 19.6. The summed E-state index contributed by atoms with van der Waals surface area (Å²) in [5, 5.41) is 3.45. The summed E-state index contributed by atoms with van der Waals surface area (Å²) in [5.41, 5.74) is 1.92. The second kappa shape index (κ2) is 7.96. The highest BCUT2D eigenvalue weighted by Crippen LogP contribution is 2.35. The fraction of sp³-hybridized carbons (Fsp3) is 0.286. The molecule has 1 aliphatic heterocycles. The zero-order valence-corrected chi connectivity index (χ0v) is 16.9. The van der Waals surface area contributed by atoms with E-state index in [-0.39, 0.29) is 22.7 Å². The van der Waals surface area contributed by atoms with Gasteiger partial charge in [0.25, 0.3) is 10.0 Å². The summed E-state index contributed by atoms with van der Waals surface area (Å²) in [6, 6.07) is 16.1. The van der Waals surface area contributed by atoms with Crippen molar-refractivity contribution in [1.82, 2.24) is 13.9 Å². The Morgan fingerprint density at radius 1 is 1.10 bits per heavy atom. The molecule has 6 nitrogen and oxygen atoms in total. The summed E-state index contributed by atoms with van der Waals surface area (Å²) >= 11 is 0. The van der Waals surface area contributed by atoms with Gasteiger partial charge in [0, 0.05) is 44.5 Å². The van der Waals surface area contributed by atoms with Crippen LogP contribution in [0.5, 0.6) is 0 Å². The van der Waals surface area contributed by atoms with Crippen LogP contribution in [0.2, 0.25) is 0 Å². The molecule has 0 unspecified atom stereocenters. The van der Waals surface area contributed by atoms with Crippen molar-refractivity contribution in [3.8, 4) is 0 Å². The van der Waals surface area contributed by atoms with E-state index in [9.17, 15) is 12.8 Å². The number of halogens is 1. The number of imidazole rings is 1. The number of anilines is 1. The zero-order chi connectivity index (χ0) is 20.4. The Labute approximate surface area is 170 Å². The number of hydrogen-bond donors (Lipinski definition) is 1. The summed E-state index contributed by atoms with van der Waals surface area (Å²) in [6.45, 7) is 1.33. The van der Waals surface area contributed by atoms with Crippen LogP contribution in [0.25, 0.3) is 0 Å².